The van der Waals surface area contributed by atoms with Crippen LogP contribution in [-0.2, 0) is 10.8 Å². The van der Waals surface area contributed by atoms with Crippen LogP contribution in [0.25, 0.3) is 0 Å². The van der Waals surface area contributed by atoms with Gasteiger partial charge in [0.05, 0.1) is 12.2 Å². The van der Waals surface area contributed by atoms with Gasteiger partial charge < -0.3 is 20.4 Å². The summed E-state index contributed by atoms with van der Waals surface area (Å²) in [4.78, 5) is 0. The molecule has 2 atom stereocenters. The van der Waals surface area contributed by atoms with Gasteiger partial charge >= 0.3 is 0 Å². The third-order valence-electron chi connectivity index (χ3n) is 6.65. The van der Waals surface area contributed by atoms with Gasteiger partial charge in [0, 0.05) is 35.5 Å². The van der Waals surface area contributed by atoms with Crippen LogP contribution in [-0.4, -0.2) is 61.6 Å². The van der Waals surface area contributed by atoms with E-state index in [-0.39, 0.29) is 0 Å². The minimum Gasteiger partial charge on any atom is -0.396 e. The normalized spacial score (nSPS) is 14.4. The van der Waals surface area contributed by atoms with Gasteiger partial charge in [-0.25, -0.2) is 0 Å². The van der Waals surface area contributed by atoms with E-state index < -0.39 is 23.0 Å². The molecule has 4 N–H and O–H groups in total. The second-order valence-electron chi connectivity index (χ2n) is 10.2. The zero-order valence-corrected chi connectivity index (χ0v) is 23.0. The number of aliphatic hydroxyl groups excluding tert-OH is 4. The summed E-state index contributed by atoms with van der Waals surface area (Å²) in [7, 11) is -1.14. The molecular weight excluding hydrogens is 448 g/mol. The largest absolute Gasteiger partial charge is 0.396 e. The molecule has 0 aliphatic heterocycles. The molecule has 0 heterocycles. The number of hydrogen-bond donors (Lipinski definition) is 4. The van der Waals surface area contributed by atoms with Crippen molar-refractivity contribution in [1.82, 2.24) is 0 Å². The minimum atomic E-state index is -1.14. The van der Waals surface area contributed by atoms with E-state index >= 15 is 0 Å². The van der Waals surface area contributed by atoms with E-state index in [0.29, 0.717) is 37.6 Å². The maximum absolute atomic E-state index is 12.2. The first-order valence-corrected chi connectivity index (χ1v) is 16.0. The summed E-state index contributed by atoms with van der Waals surface area (Å²) < 4.78 is 12.2. The number of aliphatic hydroxyl groups is 4. The average Bonchev–Trinajstić information content (AvgIpc) is 2.80. The van der Waals surface area contributed by atoms with Gasteiger partial charge in [-0.15, -0.1) is 0 Å². The van der Waals surface area contributed by atoms with E-state index in [1.54, 1.807) is 0 Å². The van der Waals surface area contributed by atoms with Crippen molar-refractivity contribution in [2.45, 2.75) is 153 Å². The molecule has 206 valence electrons. The Hall–Kier alpha value is -0.0100. The van der Waals surface area contributed by atoms with Crippen molar-refractivity contribution in [1.29, 1.82) is 0 Å². The van der Waals surface area contributed by atoms with E-state index in [9.17, 15) is 14.4 Å². The molecule has 5 nitrogen and oxygen atoms in total. The van der Waals surface area contributed by atoms with Crippen LogP contribution in [0, 0.1) is 0 Å². The Bertz CT molecular complexity index is 386. The quantitative estimate of drug-likeness (QED) is 0.0972. The lowest BCUT2D eigenvalue weighted by Crippen LogP contribution is -2.24. The zero-order chi connectivity index (χ0) is 25.1. The summed E-state index contributed by atoms with van der Waals surface area (Å²) in [6.07, 6.45) is 23.8. The molecule has 0 aromatic carbocycles. The fraction of sp³-hybridized carbons (Fsp3) is 1.00. The van der Waals surface area contributed by atoms with Gasteiger partial charge in [0.25, 0.3) is 0 Å². The highest BCUT2D eigenvalue weighted by Gasteiger charge is 2.13. The molecule has 6 heteroatoms. The fourth-order valence-electron chi connectivity index (χ4n) is 4.48. The standard InChI is InChI=1S/C28H58O5S/c29-23-19-15-11-7-3-1-5-9-13-17-21-27(31)25-34(33)26-28(32)22-18-14-10-6-2-4-8-12-16-20-24-30/h27-32H,1-26H2. The van der Waals surface area contributed by atoms with Gasteiger partial charge in [-0.3, -0.25) is 4.21 Å². The Morgan fingerprint density at radius 3 is 0.912 bits per heavy atom. The Kier molecular flexibility index (Phi) is 27.6. The van der Waals surface area contributed by atoms with Crippen molar-refractivity contribution in [3.63, 3.8) is 0 Å². The van der Waals surface area contributed by atoms with Crippen molar-refractivity contribution in [2.75, 3.05) is 24.7 Å². The summed E-state index contributed by atoms with van der Waals surface area (Å²) in [5.74, 6) is 0.590. The van der Waals surface area contributed by atoms with Crippen LogP contribution >= 0.6 is 0 Å². The molecule has 0 saturated heterocycles. The second-order valence-corrected chi connectivity index (χ2v) is 11.7. The monoisotopic (exact) mass is 506 g/mol. The third kappa shape index (κ3) is 26.6. The molecule has 0 amide bonds. The van der Waals surface area contributed by atoms with Gasteiger partial charge in [-0.1, -0.05) is 116 Å². The molecule has 0 radical (unpaired) electrons. The van der Waals surface area contributed by atoms with Crippen molar-refractivity contribution < 1.29 is 24.6 Å². The van der Waals surface area contributed by atoms with Crippen molar-refractivity contribution in [2.24, 2.45) is 0 Å². The molecular formula is C28H58O5S. The second kappa shape index (κ2) is 27.6. The maximum atomic E-state index is 12.2. The Morgan fingerprint density at radius 2 is 0.647 bits per heavy atom. The Labute approximate surface area is 213 Å². The highest BCUT2D eigenvalue weighted by Crippen LogP contribution is 2.14. The maximum Gasteiger partial charge on any atom is 0.0655 e. The molecule has 0 aliphatic rings. The van der Waals surface area contributed by atoms with Crippen LogP contribution in [0.5, 0.6) is 0 Å². The van der Waals surface area contributed by atoms with E-state index in [4.69, 9.17) is 10.2 Å². The first-order valence-electron chi connectivity index (χ1n) is 14.5. The number of hydrogen-bond acceptors (Lipinski definition) is 5. The molecule has 0 aromatic heterocycles. The van der Waals surface area contributed by atoms with Gasteiger partial charge in [0.15, 0.2) is 0 Å². The predicted octanol–water partition coefficient (Wildman–Crippen LogP) is 6.02. The summed E-state index contributed by atoms with van der Waals surface area (Å²) in [6, 6.07) is 0. The lowest BCUT2D eigenvalue weighted by molar-refractivity contribution is 0.177. The highest BCUT2D eigenvalue weighted by molar-refractivity contribution is 7.85. The Morgan fingerprint density at radius 1 is 0.412 bits per heavy atom. The van der Waals surface area contributed by atoms with Crippen molar-refractivity contribution in [3.8, 4) is 0 Å². The summed E-state index contributed by atoms with van der Waals surface area (Å²) in [5.41, 5.74) is 0. The topological polar surface area (TPSA) is 98.0 Å². The third-order valence-corrected chi connectivity index (χ3v) is 8.16. The first-order chi connectivity index (χ1) is 16.6. The molecule has 0 rings (SSSR count). The molecule has 0 fully saturated rings. The number of rotatable bonds is 28. The summed E-state index contributed by atoms with van der Waals surface area (Å²) in [5, 5.41) is 37.8. The summed E-state index contributed by atoms with van der Waals surface area (Å²) >= 11 is 0. The molecule has 0 aliphatic carbocycles. The van der Waals surface area contributed by atoms with E-state index in [1.165, 1.54) is 77.0 Å². The summed E-state index contributed by atoms with van der Waals surface area (Å²) in [6.45, 7) is 0.629. The van der Waals surface area contributed by atoms with Gasteiger partial charge in [0.1, 0.15) is 0 Å². The zero-order valence-electron chi connectivity index (χ0n) is 22.1. The van der Waals surface area contributed by atoms with Gasteiger partial charge in [-0.2, -0.15) is 0 Å². The van der Waals surface area contributed by atoms with Crippen LogP contribution in [0.4, 0.5) is 0 Å². The van der Waals surface area contributed by atoms with Crippen LogP contribution in [0.1, 0.15) is 141 Å². The van der Waals surface area contributed by atoms with Crippen LogP contribution < -0.4 is 0 Å². The van der Waals surface area contributed by atoms with Crippen molar-refractivity contribution in [3.05, 3.63) is 0 Å². The molecule has 34 heavy (non-hydrogen) atoms. The van der Waals surface area contributed by atoms with E-state index in [0.717, 1.165) is 51.4 Å². The van der Waals surface area contributed by atoms with E-state index in [2.05, 4.69) is 0 Å². The smallest absolute Gasteiger partial charge is 0.0655 e. The SMILES string of the molecule is O=S(CC(O)CCCCCCCCCCCCO)CC(O)CCCCCCCCCCCCO. The van der Waals surface area contributed by atoms with Crippen LogP contribution in [0.2, 0.25) is 0 Å². The van der Waals surface area contributed by atoms with Gasteiger partial charge in [-0.05, 0) is 25.7 Å². The van der Waals surface area contributed by atoms with Crippen LogP contribution in [0.15, 0.2) is 0 Å². The van der Waals surface area contributed by atoms with Gasteiger partial charge in [0.2, 0.25) is 0 Å². The molecule has 0 spiro atoms. The minimum absolute atomic E-state index is 0.295. The van der Waals surface area contributed by atoms with E-state index in [1.807, 2.05) is 0 Å². The number of unbranched alkanes of at least 4 members (excludes halogenated alkanes) is 18. The average molecular weight is 507 g/mol. The first kappa shape index (κ1) is 34.0. The predicted molar refractivity (Wildman–Crippen MR) is 146 cm³/mol. The fourth-order valence-corrected chi connectivity index (χ4v) is 5.80. The van der Waals surface area contributed by atoms with Crippen molar-refractivity contribution >= 4 is 10.8 Å². The Balaban J connectivity index is 3.44. The molecule has 0 bridgehead atoms. The lowest BCUT2D eigenvalue weighted by atomic mass is 10.0. The van der Waals surface area contributed by atoms with Crippen LogP contribution in [0.3, 0.4) is 0 Å². The lowest BCUT2D eigenvalue weighted by Gasteiger charge is -2.13. The molecule has 0 saturated carbocycles. The highest BCUT2D eigenvalue weighted by atomic mass is 32.2. The molecule has 0 aromatic rings. The molecule has 2 unspecified atom stereocenters.